The molecular formula is C18H15F2N. The van der Waals surface area contributed by atoms with E-state index in [1.807, 2.05) is 30.3 Å². The van der Waals surface area contributed by atoms with Gasteiger partial charge < -0.3 is 5.32 Å². The van der Waals surface area contributed by atoms with E-state index in [2.05, 4.69) is 11.9 Å². The molecule has 1 aliphatic heterocycles. The predicted octanol–water partition coefficient (Wildman–Crippen LogP) is 4.92. The minimum atomic E-state index is -0.798. The van der Waals surface area contributed by atoms with E-state index in [0.717, 1.165) is 28.6 Å². The number of anilines is 1. The van der Waals surface area contributed by atoms with Gasteiger partial charge >= 0.3 is 0 Å². The smallest absolute Gasteiger partial charge is 0.162 e. The lowest BCUT2D eigenvalue weighted by molar-refractivity contribution is 0.498. The molecule has 0 saturated carbocycles. The summed E-state index contributed by atoms with van der Waals surface area (Å²) in [6.07, 6.45) is 3.01. The summed E-state index contributed by atoms with van der Waals surface area (Å²) in [5.41, 5.74) is 4.35. The Balaban J connectivity index is 1.75. The molecule has 0 aliphatic carbocycles. The summed E-state index contributed by atoms with van der Waals surface area (Å²) in [5.74, 6) is -1.55. The van der Waals surface area contributed by atoms with Gasteiger partial charge in [0, 0.05) is 16.9 Å². The lowest BCUT2D eigenvalue weighted by Crippen LogP contribution is -2.08. The number of halogens is 2. The van der Waals surface area contributed by atoms with Gasteiger partial charge in [0.05, 0.1) is 0 Å². The van der Waals surface area contributed by atoms with Gasteiger partial charge in [0.25, 0.3) is 0 Å². The number of fused-ring (bicyclic) bond motifs is 1. The van der Waals surface area contributed by atoms with E-state index >= 15 is 0 Å². The highest BCUT2D eigenvalue weighted by Gasteiger charge is 2.13. The van der Waals surface area contributed by atoms with Crippen LogP contribution in [0.15, 0.2) is 60.8 Å². The molecule has 1 N–H and O–H groups in total. The number of benzene rings is 2. The number of hydrogen-bond acceptors (Lipinski definition) is 1. The van der Waals surface area contributed by atoms with Crippen molar-refractivity contribution in [2.24, 2.45) is 0 Å². The Hall–Kier alpha value is -2.42. The van der Waals surface area contributed by atoms with Crippen molar-refractivity contribution in [1.82, 2.24) is 0 Å². The zero-order valence-electron chi connectivity index (χ0n) is 11.5. The maximum atomic E-state index is 13.6. The fourth-order valence-corrected chi connectivity index (χ4v) is 2.51. The molecule has 3 heteroatoms. The second-order valence-corrected chi connectivity index (χ2v) is 5.08. The van der Waals surface area contributed by atoms with Crippen molar-refractivity contribution in [2.75, 3.05) is 5.32 Å². The minimum absolute atomic E-state index is 0.391. The Labute approximate surface area is 122 Å². The lowest BCUT2D eigenvalue weighted by Gasteiger charge is -2.21. The molecule has 0 bridgehead atoms. The van der Waals surface area contributed by atoms with Crippen molar-refractivity contribution in [3.8, 4) is 0 Å². The summed E-state index contributed by atoms with van der Waals surface area (Å²) in [4.78, 5) is 0. The molecule has 21 heavy (non-hydrogen) atoms. The van der Waals surface area contributed by atoms with Crippen molar-refractivity contribution in [1.29, 1.82) is 0 Å². The normalized spacial score (nSPS) is 13.4. The molecule has 3 rings (SSSR count). The molecule has 0 aromatic heterocycles. The van der Waals surface area contributed by atoms with Crippen LogP contribution in [-0.2, 0) is 6.42 Å². The van der Waals surface area contributed by atoms with Crippen LogP contribution in [0.1, 0.15) is 17.5 Å². The first kappa shape index (κ1) is 13.6. The van der Waals surface area contributed by atoms with Crippen molar-refractivity contribution < 1.29 is 8.78 Å². The Kier molecular flexibility index (Phi) is 3.57. The molecule has 0 spiro atoms. The Morgan fingerprint density at radius 2 is 1.76 bits per heavy atom. The van der Waals surface area contributed by atoms with Gasteiger partial charge in [0.15, 0.2) is 11.6 Å². The number of allylic oxidation sites excluding steroid dienone is 3. The van der Waals surface area contributed by atoms with Crippen molar-refractivity contribution in [2.45, 2.75) is 12.8 Å². The number of nitrogens with one attached hydrogen (secondary N) is 1. The number of hydrogen-bond donors (Lipinski definition) is 1. The summed E-state index contributed by atoms with van der Waals surface area (Å²) >= 11 is 0. The number of aryl methyl sites for hydroxylation is 1. The second-order valence-electron chi connectivity index (χ2n) is 5.08. The van der Waals surface area contributed by atoms with Crippen LogP contribution in [0.4, 0.5) is 14.5 Å². The van der Waals surface area contributed by atoms with Gasteiger partial charge in [-0.25, -0.2) is 8.78 Å². The highest BCUT2D eigenvalue weighted by molar-refractivity contribution is 5.85. The molecule has 1 aliphatic rings. The standard InChI is InChI=1S/C18H15F2N/c1-12-11-14(21-17-8-3-2-6-15(12)17)10-9-13-5-4-7-16(19)18(13)20/h2-8,11,21H,1,9-10H2. The lowest BCUT2D eigenvalue weighted by atomic mass is 9.98. The van der Waals surface area contributed by atoms with Crippen LogP contribution in [-0.4, -0.2) is 0 Å². The van der Waals surface area contributed by atoms with Gasteiger partial charge in [-0.2, -0.15) is 0 Å². The Bertz CT molecular complexity index is 732. The summed E-state index contributed by atoms with van der Waals surface area (Å²) in [6, 6.07) is 12.2. The molecule has 2 aromatic carbocycles. The van der Waals surface area contributed by atoms with Crippen LogP contribution >= 0.6 is 0 Å². The summed E-state index contributed by atoms with van der Waals surface area (Å²) < 4.78 is 26.8. The van der Waals surface area contributed by atoms with E-state index in [-0.39, 0.29) is 0 Å². The number of rotatable bonds is 3. The van der Waals surface area contributed by atoms with Gasteiger partial charge in [-0.15, -0.1) is 0 Å². The molecule has 0 radical (unpaired) electrons. The molecule has 0 unspecified atom stereocenters. The molecule has 0 amide bonds. The van der Waals surface area contributed by atoms with Gasteiger partial charge in [-0.05, 0) is 42.2 Å². The van der Waals surface area contributed by atoms with Gasteiger partial charge in [0.1, 0.15) is 0 Å². The molecule has 0 fully saturated rings. The minimum Gasteiger partial charge on any atom is -0.358 e. The van der Waals surface area contributed by atoms with Crippen LogP contribution in [0.2, 0.25) is 0 Å². The average molecular weight is 283 g/mol. The largest absolute Gasteiger partial charge is 0.358 e. The molecule has 2 aromatic rings. The topological polar surface area (TPSA) is 12.0 Å². The van der Waals surface area contributed by atoms with Gasteiger partial charge in [0.2, 0.25) is 0 Å². The fourth-order valence-electron chi connectivity index (χ4n) is 2.51. The molecule has 1 nitrogen and oxygen atoms in total. The third-order valence-corrected chi connectivity index (χ3v) is 3.61. The van der Waals surface area contributed by atoms with Crippen LogP contribution < -0.4 is 5.32 Å². The van der Waals surface area contributed by atoms with Crippen LogP contribution in [0.3, 0.4) is 0 Å². The third kappa shape index (κ3) is 2.72. The van der Waals surface area contributed by atoms with E-state index in [1.165, 1.54) is 6.07 Å². The Morgan fingerprint density at radius 1 is 0.952 bits per heavy atom. The summed E-state index contributed by atoms with van der Waals surface area (Å²) in [7, 11) is 0. The van der Waals surface area contributed by atoms with E-state index in [4.69, 9.17) is 0 Å². The molecule has 106 valence electrons. The molecule has 1 heterocycles. The van der Waals surface area contributed by atoms with Crippen molar-refractivity contribution in [3.05, 3.63) is 83.6 Å². The molecule has 0 saturated heterocycles. The second kappa shape index (κ2) is 5.52. The van der Waals surface area contributed by atoms with Crippen LogP contribution in [0.5, 0.6) is 0 Å². The molecular weight excluding hydrogens is 268 g/mol. The van der Waals surface area contributed by atoms with Gasteiger partial charge in [-0.1, -0.05) is 36.9 Å². The zero-order chi connectivity index (χ0) is 14.8. The maximum absolute atomic E-state index is 13.6. The van der Waals surface area contributed by atoms with Crippen LogP contribution in [0, 0.1) is 11.6 Å². The summed E-state index contributed by atoms with van der Waals surface area (Å²) in [5, 5.41) is 3.32. The highest BCUT2D eigenvalue weighted by Crippen LogP contribution is 2.31. The monoisotopic (exact) mass is 283 g/mol. The summed E-state index contributed by atoms with van der Waals surface area (Å²) in [6.45, 7) is 4.04. The third-order valence-electron chi connectivity index (χ3n) is 3.61. The van der Waals surface area contributed by atoms with E-state index in [9.17, 15) is 8.78 Å². The maximum Gasteiger partial charge on any atom is 0.162 e. The Morgan fingerprint density at radius 3 is 2.62 bits per heavy atom. The van der Waals surface area contributed by atoms with Crippen LogP contribution in [0.25, 0.3) is 5.57 Å². The SMILES string of the molecule is C=C1C=C(CCc2cccc(F)c2F)Nc2ccccc21. The number of para-hydroxylation sites is 1. The van der Waals surface area contributed by atoms with Crippen molar-refractivity contribution in [3.63, 3.8) is 0 Å². The molecule has 0 atom stereocenters. The highest BCUT2D eigenvalue weighted by atomic mass is 19.2. The van der Waals surface area contributed by atoms with Crippen molar-refractivity contribution >= 4 is 11.3 Å². The van der Waals surface area contributed by atoms with E-state index in [0.29, 0.717) is 18.4 Å². The quantitative estimate of drug-likeness (QED) is 0.843. The predicted molar refractivity (Wildman–Crippen MR) is 81.9 cm³/mol. The first-order valence-electron chi connectivity index (χ1n) is 6.84. The van der Waals surface area contributed by atoms with E-state index in [1.54, 1.807) is 6.07 Å². The average Bonchev–Trinajstić information content (AvgIpc) is 2.49. The van der Waals surface area contributed by atoms with E-state index < -0.39 is 11.6 Å². The van der Waals surface area contributed by atoms with Gasteiger partial charge in [-0.3, -0.25) is 0 Å². The fraction of sp³-hybridized carbons (Fsp3) is 0.111. The first-order valence-corrected chi connectivity index (χ1v) is 6.84. The zero-order valence-corrected chi connectivity index (χ0v) is 11.5. The first-order chi connectivity index (χ1) is 10.1.